The van der Waals surface area contributed by atoms with Gasteiger partial charge in [-0.3, -0.25) is 4.90 Å². The van der Waals surface area contributed by atoms with Crippen LogP contribution >= 0.6 is 11.3 Å². The molecule has 130 valence electrons. The standard InChI is InChI=1S/C18H24N2O3S/c1-4-15-14(8-16(23-15)18(21)22)10-20-7-5-6-13(9-20)17-19-11(2)12(3)24-17/h8,13H,4-7,9-10H2,1-3H3,(H,21,22). The van der Waals surface area contributed by atoms with Crippen LogP contribution in [0, 0.1) is 13.8 Å². The average Bonchev–Trinajstić information content (AvgIpc) is 3.11. The number of carbonyl (C=O) groups is 1. The molecule has 5 nitrogen and oxygen atoms in total. The van der Waals surface area contributed by atoms with E-state index in [0.29, 0.717) is 12.3 Å². The van der Waals surface area contributed by atoms with Crippen LogP contribution < -0.4 is 0 Å². The minimum absolute atomic E-state index is 0.0431. The summed E-state index contributed by atoms with van der Waals surface area (Å²) in [5.74, 6) is 0.310. The lowest BCUT2D eigenvalue weighted by Crippen LogP contribution is -2.34. The largest absolute Gasteiger partial charge is 0.475 e. The van der Waals surface area contributed by atoms with Crippen molar-refractivity contribution < 1.29 is 14.3 Å². The van der Waals surface area contributed by atoms with Gasteiger partial charge >= 0.3 is 5.97 Å². The summed E-state index contributed by atoms with van der Waals surface area (Å²) in [6, 6.07) is 1.68. The Bertz CT molecular complexity index is 715. The number of aryl methyl sites for hydroxylation is 3. The number of aromatic nitrogens is 1. The molecule has 3 rings (SSSR count). The molecule has 1 saturated heterocycles. The van der Waals surface area contributed by atoms with Gasteiger partial charge in [0.25, 0.3) is 0 Å². The average molecular weight is 348 g/mol. The smallest absolute Gasteiger partial charge is 0.371 e. The fraction of sp³-hybridized carbons (Fsp3) is 0.556. The highest BCUT2D eigenvalue weighted by molar-refractivity contribution is 7.11. The summed E-state index contributed by atoms with van der Waals surface area (Å²) in [5, 5.41) is 10.4. The van der Waals surface area contributed by atoms with E-state index >= 15 is 0 Å². The third-order valence-corrected chi connectivity index (χ3v) is 5.96. The summed E-state index contributed by atoms with van der Waals surface area (Å²) < 4.78 is 5.46. The summed E-state index contributed by atoms with van der Waals surface area (Å²) in [6.07, 6.45) is 3.04. The fourth-order valence-corrected chi connectivity index (χ4v) is 4.37. The van der Waals surface area contributed by atoms with Crippen molar-refractivity contribution in [3.8, 4) is 0 Å². The highest BCUT2D eigenvalue weighted by atomic mass is 32.1. The second-order valence-electron chi connectivity index (χ2n) is 6.49. The third-order valence-electron chi connectivity index (χ3n) is 4.72. The normalized spacial score (nSPS) is 18.9. The molecule has 1 atom stereocenters. The molecule has 1 aliphatic rings. The number of likely N-dealkylation sites (tertiary alicyclic amines) is 1. The van der Waals surface area contributed by atoms with Crippen LogP contribution in [0.15, 0.2) is 10.5 Å². The number of nitrogens with zero attached hydrogens (tertiary/aromatic N) is 2. The maximum Gasteiger partial charge on any atom is 0.371 e. The number of carboxylic acids is 1. The molecule has 2 aromatic heterocycles. The zero-order chi connectivity index (χ0) is 17.3. The van der Waals surface area contributed by atoms with Crippen molar-refractivity contribution in [2.24, 2.45) is 0 Å². The van der Waals surface area contributed by atoms with Gasteiger partial charge in [0.1, 0.15) is 5.76 Å². The van der Waals surface area contributed by atoms with Crippen molar-refractivity contribution >= 4 is 17.3 Å². The van der Waals surface area contributed by atoms with E-state index in [1.807, 2.05) is 18.3 Å². The van der Waals surface area contributed by atoms with E-state index in [2.05, 4.69) is 18.7 Å². The summed E-state index contributed by atoms with van der Waals surface area (Å²) in [6.45, 7) is 8.96. The van der Waals surface area contributed by atoms with Crippen LogP contribution in [-0.2, 0) is 13.0 Å². The van der Waals surface area contributed by atoms with Gasteiger partial charge in [0.15, 0.2) is 0 Å². The van der Waals surface area contributed by atoms with Crippen LogP contribution in [0.1, 0.15) is 63.1 Å². The number of rotatable bonds is 5. The van der Waals surface area contributed by atoms with Gasteiger partial charge < -0.3 is 9.52 Å². The van der Waals surface area contributed by atoms with Gasteiger partial charge in [-0.05, 0) is 39.3 Å². The van der Waals surface area contributed by atoms with Crippen molar-refractivity contribution in [3.63, 3.8) is 0 Å². The maximum atomic E-state index is 11.1. The topological polar surface area (TPSA) is 66.6 Å². The van der Waals surface area contributed by atoms with Gasteiger partial charge in [-0.25, -0.2) is 9.78 Å². The molecule has 0 aromatic carbocycles. The van der Waals surface area contributed by atoms with Crippen LogP contribution in [0.3, 0.4) is 0 Å². The highest BCUT2D eigenvalue weighted by Crippen LogP contribution is 2.32. The Morgan fingerprint density at radius 1 is 1.50 bits per heavy atom. The van der Waals surface area contributed by atoms with E-state index in [1.54, 1.807) is 6.07 Å². The molecule has 0 amide bonds. The summed E-state index contributed by atoms with van der Waals surface area (Å²) in [5.41, 5.74) is 2.14. The predicted molar refractivity (Wildman–Crippen MR) is 93.9 cm³/mol. The molecular weight excluding hydrogens is 324 g/mol. The number of hydrogen-bond donors (Lipinski definition) is 1. The Morgan fingerprint density at radius 2 is 2.29 bits per heavy atom. The molecule has 3 heterocycles. The van der Waals surface area contributed by atoms with E-state index in [1.165, 1.54) is 16.3 Å². The number of carboxylic acid groups (broad SMARTS) is 1. The molecule has 2 aromatic rings. The second-order valence-corrected chi connectivity index (χ2v) is 7.72. The van der Waals surface area contributed by atoms with E-state index in [0.717, 1.165) is 43.1 Å². The molecule has 6 heteroatoms. The number of thiazole rings is 1. The Morgan fingerprint density at radius 3 is 2.92 bits per heavy atom. The van der Waals surface area contributed by atoms with Crippen molar-refractivity contribution in [3.05, 3.63) is 38.7 Å². The zero-order valence-electron chi connectivity index (χ0n) is 14.5. The molecule has 0 spiro atoms. The third kappa shape index (κ3) is 3.54. The first-order valence-corrected chi connectivity index (χ1v) is 9.30. The van der Waals surface area contributed by atoms with Gasteiger partial charge in [-0.15, -0.1) is 11.3 Å². The minimum Gasteiger partial charge on any atom is -0.475 e. The lowest BCUT2D eigenvalue weighted by molar-refractivity contribution is 0.0660. The second kappa shape index (κ2) is 7.07. The van der Waals surface area contributed by atoms with Gasteiger partial charge in [0, 0.05) is 35.9 Å². The molecular formula is C18H24N2O3S. The Labute approximate surface area is 146 Å². The number of furan rings is 1. The molecule has 0 saturated carbocycles. The molecule has 1 N–H and O–H groups in total. The zero-order valence-corrected chi connectivity index (χ0v) is 15.3. The minimum atomic E-state index is -0.999. The van der Waals surface area contributed by atoms with Crippen LogP contribution in [0.5, 0.6) is 0 Å². The monoisotopic (exact) mass is 348 g/mol. The van der Waals surface area contributed by atoms with E-state index in [9.17, 15) is 4.79 Å². The first-order chi connectivity index (χ1) is 11.5. The van der Waals surface area contributed by atoms with Gasteiger partial charge in [-0.1, -0.05) is 6.92 Å². The molecule has 1 aliphatic heterocycles. The van der Waals surface area contributed by atoms with Crippen molar-refractivity contribution in [2.45, 2.75) is 52.5 Å². The van der Waals surface area contributed by atoms with Crippen LogP contribution in [0.25, 0.3) is 0 Å². The number of hydrogen-bond acceptors (Lipinski definition) is 5. The first kappa shape index (κ1) is 17.2. The SMILES string of the molecule is CCc1oc(C(=O)O)cc1CN1CCCC(c2nc(C)c(C)s2)C1. The van der Waals surface area contributed by atoms with Crippen LogP contribution in [0.4, 0.5) is 0 Å². The van der Waals surface area contributed by atoms with Crippen LogP contribution in [-0.4, -0.2) is 34.0 Å². The Hall–Kier alpha value is -1.66. The van der Waals surface area contributed by atoms with Gasteiger partial charge in [0.05, 0.1) is 10.7 Å². The fourth-order valence-electron chi connectivity index (χ4n) is 3.32. The summed E-state index contributed by atoms with van der Waals surface area (Å²) in [4.78, 5) is 19.6. The maximum absolute atomic E-state index is 11.1. The quantitative estimate of drug-likeness (QED) is 0.885. The number of aromatic carboxylic acids is 1. The lowest BCUT2D eigenvalue weighted by atomic mass is 9.98. The Balaban J connectivity index is 1.72. The predicted octanol–water partition coefficient (Wildman–Crippen LogP) is 3.99. The van der Waals surface area contributed by atoms with Crippen molar-refractivity contribution in [1.29, 1.82) is 0 Å². The molecule has 0 bridgehead atoms. The molecule has 0 aliphatic carbocycles. The van der Waals surface area contributed by atoms with E-state index < -0.39 is 5.97 Å². The molecule has 1 unspecified atom stereocenters. The molecule has 24 heavy (non-hydrogen) atoms. The summed E-state index contributed by atoms with van der Waals surface area (Å²) >= 11 is 1.81. The van der Waals surface area contributed by atoms with Crippen LogP contribution in [0.2, 0.25) is 0 Å². The summed E-state index contributed by atoms with van der Waals surface area (Å²) in [7, 11) is 0. The van der Waals surface area contributed by atoms with E-state index in [4.69, 9.17) is 14.5 Å². The van der Waals surface area contributed by atoms with Crippen molar-refractivity contribution in [2.75, 3.05) is 13.1 Å². The number of piperidine rings is 1. The van der Waals surface area contributed by atoms with Gasteiger partial charge in [0.2, 0.25) is 5.76 Å². The lowest BCUT2D eigenvalue weighted by Gasteiger charge is -2.31. The van der Waals surface area contributed by atoms with E-state index in [-0.39, 0.29) is 5.76 Å². The van der Waals surface area contributed by atoms with Crippen molar-refractivity contribution in [1.82, 2.24) is 9.88 Å². The van der Waals surface area contributed by atoms with Gasteiger partial charge in [-0.2, -0.15) is 0 Å². The Kier molecular flexibility index (Phi) is 5.06. The molecule has 0 radical (unpaired) electrons. The first-order valence-electron chi connectivity index (χ1n) is 8.49. The molecule has 1 fully saturated rings. The highest BCUT2D eigenvalue weighted by Gasteiger charge is 2.25.